The normalized spacial score (nSPS) is 10.7. The van der Waals surface area contributed by atoms with E-state index in [0.717, 1.165) is 20.3 Å². The van der Waals surface area contributed by atoms with E-state index in [9.17, 15) is 0 Å². The molecule has 3 rings (SSSR count). The van der Waals surface area contributed by atoms with Crippen LogP contribution in [0.5, 0.6) is 0 Å². The van der Waals surface area contributed by atoms with Crippen LogP contribution in [-0.2, 0) is 0 Å². The molecular weight excluding hydrogens is 387 g/mol. The van der Waals surface area contributed by atoms with Gasteiger partial charge in [-0.3, -0.25) is 0 Å². The Hall–Kier alpha value is -1.53. The average molecular weight is 397 g/mol. The Bertz CT molecular complexity index is 753. The van der Waals surface area contributed by atoms with Gasteiger partial charge in [-0.25, -0.2) is 0 Å². The molecule has 0 saturated carbocycles. The summed E-state index contributed by atoms with van der Waals surface area (Å²) < 4.78 is 6.55. The molecule has 0 spiro atoms. The van der Waals surface area contributed by atoms with E-state index in [1.54, 1.807) is 0 Å². The summed E-state index contributed by atoms with van der Waals surface area (Å²) in [7, 11) is 0. The van der Waals surface area contributed by atoms with Crippen LogP contribution in [0.1, 0.15) is 0 Å². The third-order valence-electron chi connectivity index (χ3n) is 2.94. The number of rotatable bonds is 2. The van der Waals surface area contributed by atoms with Gasteiger partial charge in [0.05, 0.1) is 5.56 Å². The largest absolute Gasteiger partial charge is 0.380 e. The maximum Gasteiger partial charge on any atom is 0.176 e. The van der Waals surface area contributed by atoms with Crippen molar-refractivity contribution in [2.75, 3.05) is 5.73 Å². The first kappa shape index (κ1) is 13.5. The van der Waals surface area contributed by atoms with Crippen LogP contribution >= 0.6 is 34.2 Å². The quantitative estimate of drug-likeness (QED) is 0.630. The minimum absolute atomic E-state index is 0.362. The first-order chi connectivity index (χ1) is 9.65. The lowest BCUT2D eigenvalue weighted by Gasteiger charge is -2.03. The van der Waals surface area contributed by atoms with E-state index in [0.29, 0.717) is 16.6 Å². The Morgan fingerprint density at radius 3 is 2.50 bits per heavy atom. The molecule has 0 aliphatic carbocycles. The molecule has 3 aromatic rings. The fourth-order valence-corrected chi connectivity index (χ4v) is 2.57. The highest BCUT2D eigenvalue weighted by molar-refractivity contribution is 14.1. The summed E-state index contributed by atoms with van der Waals surface area (Å²) in [5.41, 5.74) is 8.54. The zero-order valence-corrected chi connectivity index (χ0v) is 13.2. The number of nitrogens with two attached hydrogens (primary N) is 1. The first-order valence-corrected chi connectivity index (χ1v) is 7.38. The topological polar surface area (TPSA) is 52.0 Å². The predicted octanol–water partition coefficient (Wildman–Crippen LogP) is 4.85. The molecule has 0 amide bonds. The van der Waals surface area contributed by atoms with E-state index in [-0.39, 0.29) is 0 Å². The third-order valence-corrected chi connectivity index (χ3v) is 3.89. The molecular formula is C15H10ClIN2O. The van der Waals surface area contributed by atoms with Crippen molar-refractivity contribution < 1.29 is 4.52 Å². The number of benzene rings is 2. The van der Waals surface area contributed by atoms with Gasteiger partial charge in [-0.2, -0.15) is 0 Å². The molecule has 3 nitrogen and oxygen atoms in total. The van der Waals surface area contributed by atoms with E-state index in [4.69, 9.17) is 21.9 Å². The molecule has 20 heavy (non-hydrogen) atoms. The van der Waals surface area contributed by atoms with E-state index in [2.05, 4.69) is 27.7 Å². The van der Waals surface area contributed by atoms with Gasteiger partial charge in [0, 0.05) is 14.2 Å². The van der Waals surface area contributed by atoms with Gasteiger partial charge in [-0.05, 0) is 52.4 Å². The Morgan fingerprint density at radius 1 is 1.05 bits per heavy atom. The number of aromatic nitrogens is 1. The fourth-order valence-electron chi connectivity index (χ4n) is 2.02. The monoisotopic (exact) mass is 396 g/mol. The van der Waals surface area contributed by atoms with Crippen molar-refractivity contribution in [2.24, 2.45) is 0 Å². The summed E-state index contributed by atoms with van der Waals surface area (Å²) in [5.74, 6) is 1.02. The second-order valence-corrected chi connectivity index (χ2v) is 5.97. The number of halogens is 2. The molecule has 0 bridgehead atoms. The summed E-state index contributed by atoms with van der Waals surface area (Å²) in [6.45, 7) is 0. The van der Waals surface area contributed by atoms with Crippen molar-refractivity contribution in [2.45, 2.75) is 0 Å². The molecule has 0 aliphatic heterocycles. The second kappa shape index (κ2) is 5.46. The predicted molar refractivity (Wildman–Crippen MR) is 89.5 cm³/mol. The highest BCUT2D eigenvalue weighted by Gasteiger charge is 2.17. The number of nitrogen functional groups attached to an aromatic ring is 1. The SMILES string of the molecule is Nc1noc(-c2ccc(I)cc2)c1-c1cccc(Cl)c1. The van der Waals surface area contributed by atoms with Gasteiger partial charge in [0.2, 0.25) is 0 Å². The molecule has 2 aromatic carbocycles. The van der Waals surface area contributed by atoms with Crippen molar-refractivity contribution in [3.05, 3.63) is 57.1 Å². The lowest BCUT2D eigenvalue weighted by Crippen LogP contribution is -1.89. The molecule has 0 atom stereocenters. The maximum absolute atomic E-state index is 6.04. The summed E-state index contributed by atoms with van der Waals surface area (Å²) >= 11 is 8.30. The van der Waals surface area contributed by atoms with Gasteiger partial charge in [0.1, 0.15) is 0 Å². The van der Waals surface area contributed by atoms with Crippen molar-refractivity contribution in [3.8, 4) is 22.5 Å². The molecule has 0 aliphatic rings. The minimum atomic E-state index is 0.362. The van der Waals surface area contributed by atoms with E-state index in [1.165, 1.54) is 0 Å². The molecule has 0 fully saturated rings. The van der Waals surface area contributed by atoms with Crippen molar-refractivity contribution >= 4 is 40.0 Å². The minimum Gasteiger partial charge on any atom is -0.380 e. The smallest absolute Gasteiger partial charge is 0.176 e. The number of hydrogen-bond donors (Lipinski definition) is 1. The van der Waals surface area contributed by atoms with Crippen LogP contribution in [0.4, 0.5) is 5.82 Å². The summed E-state index contributed by atoms with van der Waals surface area (Å²) in [4.78, 5) is 0. The summed E-state index contributed by atoms with van der Waals surface area (Å²) in [5, 5.41) is 4.53. The van der Waals surface area contributed by atoms with Crippen LogP contribution in [-0.4, -0.2) is 5.16 Å². The highest BCUT2D eigenvalue weighted by atomic mass is 127. The lowest BCUT2D eigenvalue weighted by atomic mass is 10.0. The molecule has 100 valence electrons. The molecule has 0 unspecified atom stereocenters. The van der Waals surface area contributed by atoms with E-state index >= 15 is 0 Å². The summed E-state index contributed by atoms with van der Waals surface area (Å²) in [6, 6.07) is 15.5. The van der Waals surface area contributed by atoms with Crippen LogP contribution in [0.3, 0.4) is 0 Å². The number of anilines is 1. The van der Waals surface area contributed by atoms with Crippen LogP contribution in [0.2, 0.25) is 5.02 Å². The van der Waals surface area contributed by atoms with Gasteiger partial charge in [0.25, 0.3) is 0 Å². The third kappa shape index (κ3) is 2.53. The molecule has 2 N–H and O–H groups in total. The number of hydrogen-bond acceptors (Lipinski definition) is 3. The maximum atomic E-state index is 6.04. The van der Waals surface area contributed by atoms with Crippen molar-refractivity contribution in [1.82, 2.24) is 5.16 Å². The van der Waals surface area contributed by atoms with Crippen LogP contribution in [0.15, 0.2) is 53.1 Å². The zero-order chi connectivity index (χ0) is 14.1. The number of nitrogens with zero attached hydrogens (tertiary/aromatic N) is 1. The van der Waals surface area contributed by atoms with Crippen LogP contribution in [0.25, 0.3) is 22.5 Å². The Morgan fingerprint density at radius 2 is 1.80 bits per heavy atom. The fraction of sp³-hybridized carbons (Fsp3) is 0. The van der Waals surface area contributed by atoms with E-state index < -0.39 is 0 Å². The van der Waals surface area contributed by atoms with Crippen LogP contribution < -0.4 is 5.73 Å². The van der Waals surface area contributed by atoms with Gasteiger partial charge >= 0.3 is 0 Å². The van der Waals surface area contributed by atoms with E-state index in [1.807, 2.05) is 48.5 Å². The molecule has 1 aromatic heterocycles. The van der Waals surface area contributed by atoms with Gasteiger partial charge in [0.15, 0.2) is 11.6 Å². The molecule has 1 heterocycles. The first-order valence-electron chi connectivity index (χ1n) is 5.92. The average Bonchev–Trinajstić information content (AvgIpc) is 2.81. The second-order valence-electron chi connectivity index (χ2n) is 4.29. The summed E-state index contributed by atoms with van der Waals surface area (Å²) in [6.07, 6.45) is 0. The standard InChI is InChI=1S/C15H10ClIN2O/c16-11-3-1-2-10(8-11)13-14(20-19-15(13)18)9-4-6-12(17)7-5-9/h1-8H,(H2,18,19). The molecule has 0 radical (unpaired) electrons. The Kier molecular flexibility index (Phi) is 3.67. The Balaban J connectivity index is 2.17. The van der Waals surface area contributed by atoms with Gasteiger partial charge < -0.3 is 10.3 Å². The zero-order valence-electron chi connectivity index (χ0n) is 10.3. The Labute approximate surface area is 134 Å². The van der Waals surface area contributed by atoms with Crippen LogP contribution in [0, 0.1) is 3.57 Å². The lowest BCUT2D eigenvalue weighted by molar-refractivity contribution is 0.436. The van der Waals surface area contributed by atoms with Gasteiger partial charge in [-0.1, -0.05) is 41.0 Å². The molecule has 0 saturated heterocycles. The van der Waals surface area contributed by atoms with Crippen molar-refractivity contribution in [1.29, 1.82) is 0 Å². The molecule has 5 heteroatoms. The van der Waals surface area contributed by atoms with Gasteiger partial charge in [-0.15, -0.1) is 0 Å². The van der Waals surface area contributed by atoms with Crippen molar-refractivity contribution in [3.63, 3.8) is 0 Å². The highest BCUT2D eigenvalue weighted by Crippen LogP contribution is 2.37.